The molecule has 1 heterocycles. The van der Waals surface area contributed by atoms with Crippen molar-refractivity contribution < 1.29 is 28.8 Å². The Hall–Kier alpha value is -4.28. The number of esters is 1. The quantitative estimate of drug-likeness (QED) is 0.390. The van der Waals surface area contributed by atoms with Crippen LogP contribution in [-0.2, 0) is 19.1 Å². The molecule has 11 nitrogen and oxygen atoms in total. The smallest absolute Gasteiger partial charge is 0.311 e. The normalized spacial score (nSPS) is 15.2. The molecule has 0 bridgehead atoms. The van der Waals surface area contributed by atoms with Gasteiger partial charge >= 0.3 is 5.97 Å². The lowest BCUT2D eigenvalue weighted by molar-refractivity contribution is -0.385. The Balaban J connectivity index is 1.50. The molecule has 1 fully saturated rings. The third-order valence-corrected chi connectivity index (χ3v) is 4.86. The Morgan fingerprint density at radius 1 is 1.16 bits per heavy atom. The van der Waals surface area contributed by atoms with Crippen LogP contribution in [0.2, 0.25) is 0 Å². The molecule has 1 aliphatic heterocycles. The zero-order valence-corrected chi connectivity index (χ0v) is 17.1. The molecule has 1 atom stereocenters. The third-order valence-electron chi connectivity index (χ3n) is 4.86. The van der Waals surface area contributed by atoms with Gasteiger partial charge in [-0.2, -0.15) is 0 Å². The van der Waals surface area contributed by atoms with Gasteiger partial charge in [0.05, 0.1) is 16.5 Å². The SMILES string of the molecule is Cc1ccc(N2C[C@H](C(=O)OCC(=O)NNC(=O)c3ccccc3)CC2=O)cc1[N+](=O)[O-]. The number of amides is 3. The Kier molecular flexibility index (Phi) is 6.78. The van der Waals surface area contributed by atoms with E-state index in [9.17, 15) is 29.3 Å². The molecule has 2 aromatic rings. The van der Waals surface area contributed by atoms with E-state index in [1.165, 1.54) is 17.0 Å². The van der Waals surface area contributed by atoms with Gasteiger partial charge in [0.2, 0.25) is 5.91 Å². The summed E-state index contributed by atoms with van der Waals surface area (Å²) in [5, 5.41) is 11.1. The molecule has 11 heteroatoms. The van der Waals surface area contributed by atoms with Crippen LogP contribution in [0.3, 0.4) is 0 Å². The van der Waals surface area contributed by atoms with Crippen molar-refractivity contribution in [3.05, 3.63) is 69.8 Å². The van der Waals surface area contributed by atoms with E-state index in [0.29, 0.717) is 16.8 Å². The maximum atomic E-state index is 12.3. The second-order valence-corrected chi connectivity index (χ2v) is 7.11. The average molecular weight is 440 g/mol. The second-order valence-electron chi connectivity index (χ2n) is 7.11. The van der Waals surface area contributed by atoms with Crippen molar-refractivity contribution in [3.8, 4) is 0 Å². The fourth-order valence-corrected chi connectivity index (χ4v) is 3.16. The minimum absolute atomic E-state index is 0.0236. The van der Waals surface area contributed by atoms with Crippen LogP contribution in [0.4, 0.5) is 11.4 Å². The van der Waals surface area contributed by atoms with E-state index in [-0.39, 0.29) is 24.6 Å². The summed E-state index contributed by atoms with van der Waals surface area (Å²) in [5.74, 6) is -3.25. The molecule has 32 heavy (non-hydrogen) atoms. The van der Waals surface area contributed by atoms with Crippen LogP contribution in [0.1, 0.15) is 22.3 Å². The highest BCUT2D eigenvalue weighted by Crippen LogP contribution is 2.30. The molecular formula is C21H20N4O7. The van der Waals surface area contributed by atoms with E-state index < -0.39 is 35.2 Å². The Bertz CT molecular complexity index is 1070. The summed E-state index contributed by atoms with van der Waals surface area (Å²) in [6.07, 6.45) is -0.146. The van der Waals surface area contributed by atoms with Gasteiger partial charge < -0.3 is 9.64 Å². The lowest BCUT2D eigenvalue weighted by Gasteiger charge is -2.16. The summed E-state index contributed by atoms with van der Waals surface area (Å²) in [5.41, 5.74) is 5.30. The van der Waals surface area contributed by atoms with Crippen molar-refractivity contribution in [1.82, 2.24) is 10.9 Å². The summed E-state index contributed by atoms with van der Waals surface area (Å²) >= 11 is 0. The predicted molar refractivity (Wildman–Crippen MR) is 111 cm³/mol. The van der Waals surface area contributed by atoms with Gasteiger partial charge in [0.25, 0.3) is 17.5 Å². The number of aryl methyl sites for hydroxylation is 1. The first-order valence-corrected chi connectivity index (χ1v) is 9.62. The number of ether oxygens (including phenoxy) is 1. The number of benzene rings is 2. The van der Waals surface area contributed by atoms with Gasteiger partial charge in [-0.05, 0) is 25.1 Å². The predicted octanol–water partition coefficient (Wildman–Crippen LogP) is 1.26. The van der Waals surface area contributed by atoms with E-state index in [0.717, 1.165) is 0 Å². The highest BCUT2D eigenvalue weighted by molar-refractivity contribution is 6.00. The Morgan fingerprint density at radius 2 is 1.88 bits per heavy atom. The molecule has 2 N–H and O–H groups in total. The van der Waals surface area contributed by atoms with Crippen molar-refractivity contribution in [2.75, 3.05) is 18.1 Å². The van der Waals surface area contributed by atoms with Gasteiger partial charge in [-0.3, -0.25) is 40.1 Å². The topological polar surface area (TPSA) is 148 Å². The molecule has 1 saturated heterocycles. The molecule has 0 radical (unpaired) electrons. The lowest BCUT2D eigenvalue weighted by Crippen LogP contribution is -2.43. The fraction of sp³-hybridized carbons (Fsp3) is 0.238. The molecule has 0 saturated carbocycles. The Morgan fingerprint density at radius 3 is 2.56 bits per heavy atom. The first kappa shape index (κ1) is 22.4. The molecule has 0 aromatic heterocycles. The molecule has 166 valence electrons. The molecule has 0 spiro atoms. The second kappa shape index (κ2) is 9.69. The number of anilines is 1. The number of nitro benzene ring substituents is 1. The number of hydrogen-bond acceptors (Lipinski definition) is 7. The maximum absolute atomic E-state index is 12.3. The number of nitrogens with one attached hydrogen (secondary N) is 2. The van der Waals surface area contributed by atoms with Crippen LogP contribution in [0, 0.1) is 23.0 Å². The molecule has 3 rings (SSSR count). The van der Waals surface area contributed by atoms with Gasteiger partial charge in [0, 0.05) is 30.2 Å². The molecule has 2 aromatic carbocycles. The van der Waals surface area contributed by atoms with Crippen molar-refractivity contribution in [3.63, 3.8) is 0 Å². The largest absolute Gasteiger partial charge is 0.455 e. The molecule has 3 amide bonds. The summed E-state index contributed by atoms with van der Waals surface area (Å²) in [6.45, 7) is 0.917. The highest BCUT2D eigenvalue weighted by Gasteiger charge is 2.37. The third kappa shape index (κ3) is 5.25. The molecule has 0 aliphatic carbocycles. The zero-order valence-electron chi connectivity index (χ0n) is 17.1. The monoisotopic (exact) mass is 440 g/mol. The van der Waals surface area contributed by atoms with Gasteiger partial charge in [0.15, 0.2) is 6.61 Å². The number of hydrazine groups is 1. The van der Waals surface area contributed by atoms with Gasteiger partial charge in [0.1, 0.15) is 0 Å². The van der Waals surface area contributed by atoms with Crippen LogP contribution in [0.15, 0.2) is 48.5 Å². The van der Waals surface area contributed by atoms with Crippen molar-refractivity contribution in [1.29, 1.82) is 0 Å². The van der Waals surface area contributed by atoms with Crippen LogP contribution >= 0.6 is 0 Å². The van der Waals surface area contributed by atoms with Crippen molar-refractivity contribution in [2.24, 2.45) is 5.92 Å². The molecule has 1 aliphatic rings. The summed E-state index contributed by atoms with van der Waals surface area (Å²) in [6, 6.07) is 12.6. The van der Waals surface area contributed by atoms with E-state index in [1.807, 2.05) is 0 Å². The number of rotatable bonds is 6. The number of nitrogens with zero attached hydrogens (tertiary/aromatic N) is 2. The highest BCUT2D eigenvalue weighted by atomic mass is 16.6. The van der Waals surface area contributed by atoms with Crippen LogP contribution < -0.4 is 15.8 Å². The lowest BCUT2D eigenvalue weighted by atomic mass is 10.1. The fourth-order valence-electron chi connectivity index (χ4n) is 3.16. The standard InChI is InChI=1S/C21H20N4O7/c1-13-7-8-16(10-17(13)25(30)31)24-11-15(9-19(24)27)21(29)32-12-18(26)22-23-20(28)14-5-3-2-4-6-14/h2-8,10,15H,9,11-12H2,1H3,(H,22,26)(H,23,28)/t15-/m1/s1. The Labute approximate surface area is 182 Å². The van der Waals surface area contributed by atoms with Gasteiger partial charge in [-0.25, -0.2) is 0 Å². The van der Waals surface area contributed by atoms with E-state index >= 15 is 0 Å². The summed E-state index contributed by atoms with van der Waals surface area (Å²) in [7, 11) is 0. The number of carbonyl (C=O) groups is 4. The van der Waals surface area contributed by atoms with Crippen molar-refractivity contribution >= 4 is 35.1 Å². The number of nitro groups is 1. The van der Waals surface area contributed by atoms with Gasteiger partial charge in [-0.15, -0.1) is 0 Å². The first-order valence-electron chi connectivity index (χ1n) is 9.62. The van der Waals surface area contributed by atoms with Crippen molar-refractivity contribution in [2.45, 2.75) is 13.3 Å². The molecular weight excluding hydrogens is 420 g/mol. The van der Waals surface area contributed by atoms with E-state index in [1.54, 1.807) is 43.3 Å². The summed E-state index contributed by atoms with van der Waals surface area (Å²) < 4.78 is 4.95. The summed E-state index contributed by atoms with van der Waals surface area (Å²) in [4.78, 5) is 60.2. The minimum Gasteiger partial charge on any atom is -0.455 e. The minimum atomic E-state index is -0.824. The van der Waals surface area contributed by atoms with Crippen LogP contribution in [0.25, 0.3) is 0 Å². The van der Waals surface area contributed by atoms with Gasteiger partial charge in [-0.1, -0.05) is 24.3 Å². The molecule has 0 unspecified atom stereocenters. The average Bonchev–Trinajstić information content (AvgIpc) is 3.18. The zero-order chi connectivity index (χ0) is 23.3. The van der Waals surface area contributed by atoms with E-state index in [2.05, 4.69) is 10.9 Å². The maximum Gasteiger partial charge on any atom is 0.311 e. The van der Waals surface area contributed by atoms with Crippen LogP contribution in [-0.4, -0.2) is 41.8 Å². The number of carbonyl (C=O) groups excluding carboxylic acids is 4. The van der Waals surface area contributed by atoms with Crippen LogP contribution in [0.5, 0.6) is 0 Å². The van der Waals surface area contributed by atoms with E-state index in [4.69, 9.17) is 4.74 Å². The number of hydrogen-bond donors (Lipinski definition) is 2. The first-order chi connectivity index (χ1) is 15.3.